The fourth-order valence-corrected chi connectivity index (χ4v) is 14.2. The van der Waals surface area contributed by atoms with E-state index in [0.717, 1.165) is 89.9 Å². The van der Waals surface area contributed by atoms with Gasteiger partial charge in [0.1, 0.15) is 98.7 Å². The molecule has 0 radical (unpaired) electrons. The molecule has 3 aliphatic rings. The Hall–Kier alpha value is -2.04. The first kappa shape index (κ1) is 91.2. The van der Waals surface area contributed by atoms with Gasteiger partial charge in [-0.1, -0.05) is 284 Å². The van der Waals surface area contributed by atoms with E-state index in [1.54, 1.807) is 0 Å². The van der Waals surface area contributed by atoms with Crippen molar-refractivity contribution < 1.29 is 117 Å². The van der Waals surface area contributed by atoms with E-state index in [1.165, 1.54) is 173 Å². The minimum Gasteiger partial charge on any atom is -0.463 e. The maximum atomic E-state index is 14.3. The molecule has 0 aromatic rings. The molecule has 2 aliphatic heterocycles. The lowest BCUT2D eigenvalue weighted by Gasteiger charge is -2.49. The monoisotopic (exact) mass is 1440 g/mol. The third-order valence-electron chi connectivity index (χ3n) is 19.6. The van der Waals surface area contributed by atoms with Gasteiger partial charge >= 0.3 is 25.7 Å². The van der Waals surface area contributed by atoms with Gasteiger partial charge in [0.05, 0.1) is 13.2 Å². The summed E-state index contributed by atoms with van der Waals surface area (Å²) in [5.74, 6) is -1.97. The van der Waals surface area contributed by atoms with Gasteiger partial charge in [-0.15, -0.1) is 0 Å². The summed E-state index contributed by atoms with van der Waals surface area (Å²) in [5, 5.41) is 110. The van der Waals surface area contributed by atoms with Crippen molar-refractivity contribution in [2.45, 2.75) is 427 Å². The van der Waals surface area contributed by atoms with Crippen LogP contribution in [-0.4, -0.2) is 204 Å². The number of rotatable bonds is 62. The molecule has 11 N–H and O–H groups in total. The summed E-state index contributed by atoms with van der Waals surface area (Å²) in [6.07, 6.45) is 14.3. The number of esters is 3. The van der Waals surface area contributed by atoms with Crippen molar-refractivity contribution >= 4 is 25.7 Å². The average Bonchev–Trinajstić information content (AvgIpc) is 0.763. The summed E-state index contributed by atoms with van der Waals surface area (Å²) in [6, 6.07) is 0. The van der Waals surface area contributed by atoms with Crippen molar-refractivity contribution in [2.75, 3.05) is 26.4 Å². The quantitative estimate of drug-likeness (QED) is 0.0117. The zero-order chi connectivity index (χ0) is 72.5. The number of aliphatic hydroxyl groups is 10. The van der Waals surface area contributed by atoms with Crippen molar-refractivity contribution in [3.63, 3.8) is 0 Å². The SMILES string of the molecule is CCCCCCCCCCCCCCCCCC(=O)OCC(COP(=O)(O)OC1C(OC2OC(CO)C(O)C(O)C2O)C(O)C(O)C(O)C1OC1OC(COC(=O)CCCCCCCCCCCCCCCC)C(O)C(O)C1O)OC(=O)CCCCCCCCCCCCCCCCC. The Morgan fingerprint density at radius 2 is 0.646 bits per heavy atom. The fourth-order valence-electron chi connectivity index (χ4n) is 13.2. The van der Waals surface area contributed by atoms with Crippen LogP contribution in [0.1, 0.15) is 323 Å². The van der Waals surface area contributed by atoms with Crippen molar-refractivity contribution in [1.82, 2.24) is 0 Å². The van der Waals surface area contributed by atoms with Crippen molar-refractivity contribution in [2.24, 2.45) is 0 Å². The number of carbonyl (C=O) groups excluding carboxylic acids is 3. The number of phosphoric acid groups is 1. The molecule has 0 spiro atoms. The maximum absolute atomic E-state index is 14.3. The second kappa shape index (κ2) is 56.3. The van der Waals surface area contributed by atoms with Crippen LogP contribution in [0.3, 0.4) is 0 Å². The minimum absolute atomic E-state index is 0.0328. The molecule has 3 rings (SSSR count). The molecular weight excluding hydrogens is 1300 g/mol. The number of hydrogen-bond donors (Lipinski definition) is 11. The molecule has 25 heteroatoms. The second-order valence-electron chi connectivity index (χ2n) is 28.4. The lowest BCUT2D eigenvalue weighted by Crippen LogP contribution is -2.69. The number of aliphatic hydroxyl groups excluding tert-OH is 10. The molecule has 2 saturated heterocycles. The first-order valence-electron chi connectivity index (χ1n) is 39.3. The van der Waals surface area contributed by atoms with Gasteiger partial charge in [-0.3, -0.25) is 23.4 Å². The number of carbonyl (C=O) groups is 3. The normalized spacial score (nSPS) is 27.4. The van der Waals surface area contributed by atoms with Gasteiger partial charge in [-0.25, -0.2) is 4.57 Å². The first-order valence-corrected chi connectivity index (χ1v) is 40.8. The molecule has 1 saturated carbocycles. The maximum Gasteiger partial charge on any atom is 0.472 e. The van der Waals surface area contributed by atoms with Crippen LogP contribution < -0.4 is 0 Å². The molecule has 18 atom stereocenters. The molecule has 18 unspecified atom stereocenters. The van der Waals surface area contributed by atoms with Gasteiger partial charge in [0.15, 0.2) is 18.7 Å². The van der Waals surface area contributed by atoms with Gasteiger partial charge in [0.2, 0.25) is 0 Å². The number of hydrogen-bond acceptors (Lipinski definition) is 23. The van der Waals surface area contributed by atoms with Crippen molar-refractivity contribution in [3.8, 4) is 0 Å². The van der Waals surface area contributed by atoms with E-state index >= 15 is 0 Å². The van der Waals surface area contributed by atoms with Gasteiger partial charge in [0.25, 0.3) is 0 Å². The Balaban J connectivity index is 1.72. The molecule has 0 amide bonds. The Kier molecular flexibility index (Phi) is 51.9. The zero-order valence-electron chi connectivity index (χ0n) is 61.1. The standard InChI is InChI=1S/C74H139O24P/c1-4-7-10-13-16-19-22-25-28-31-34-36-39-42-45-48-58(76)90-52-55(93-60(78)50-47-44-41-38-35-32-29-26-23-20-17-14-11-8-5-2)53-92-99(88,89)98-72-70(96-73-68(86)63(81)61(79)56(51-75)94-73)66(84)65(83)67(85)71(72)97-74-69(87)64(82)62(80)57(95-74)54-91-59(77)49-46-43-40-37-33-30-27-24-21-18-15-12-9-6-3/h55-57,61-75,79-87H,4-54H2,1-3H3,(H,88,89). The van der Waals surface area contributed by atoms with Crippen LogP contribution in [0.4, 0.5) is 0 Å². The number of ether oxygens (including phenoxy) is 7. The molecule has 0 aromatic heterocycles. The zero-order valence-corrected chi connectivity index (χ0v) is 61.9. The topological polar surface area (TPSA) is 374 Å². The third-order valence-corrected chi connectivity index (χ3v) is 20.6. The first-order chi connectivity index (χ1) is 47.8. The predicted molar refractivity (Wildman–Crippen MR) is 375 cm³/mol. The smallest absolute Gasteiger partial charge is 0.463 e. The predicted octanol–water partition coefficient (Wildman–Crippen LogP) is 11.4. The summed E-state index contributed by atoms with van der Waals surface area (Å²) in [6.45, 7) is 3.49. The van der Waals surface area contributed by atoms with Crippen LogP contribution in [0.15, 0.2) is 0 Å². The Bertz CT molecular complexity index is 2050. The van der Waals surface area contributed by atoms with E-state index in [2.05, 4.69) is 20.8 Å². The molecule has 3 fully saturated rings. The summed E-state index contributed by atoms with van der Waals surface area (Å²) in [4.78, 5) is 51.1. The highest BCUT2D eigenvalue weighted by Crippen LogP contribution is 2.49. The largest absolute Gasteiger partial charge is 0.472 e. The molecule has 584 valence electrons. The summed E-state index contributed by atoms with van der Waals surface area (Å²) < 4.78 is 65.1. The van der Waals surface area contributed by atoms with E-state index in [-0.39, 0.29) is 19.3 Å². The van der Waals surface area contributed by atoms with Gasteiger partial charge < -0.3 is 89.1 Å². The fraction of sp³-hybridized carbons (Fsp3) is 0.959. The van der Waals surface area contributed by atoms with Crippen LogP contribution in [-0.2, 0) is 61.2 Å². The van der Waals surface area contributed by atoms with Crippen LogP contribution >= 0.6 is 7.82 Å². The van der Waals surface area contributed by atoms with Crippen molar-refractivity contribution in [3.05, 3.63) is 0 Å². The van der Waals surface area contributed by atoms with Crippen LogP contribution in [0.5, 0.6) is 0 Å². The van der Waals surface area contributed by atoms with Crippen molar-refractivity contribution in [1.29, 1.82) is 0 Å². The molecule has 24 nitrogen and oxygen atoms in total. The highest BCUT2D eigenvalue weighted by Gasteiger charge is 2.58. The van der Waals surface area contributed by atoms with E-state index in [4.69, 9.17) is 42.2 Å². The van der Waals surface area contributed by atoms with E-state index in [0.29, 0.717) is 19.3 Å². The van der Waals surface area contributed by atoms with E-state index < -0.39 is 156 Å². The Morgan fingerprint density at radius 1 is 0.354 bits per heavy atom. The highest BCUT2D eigenvalue weighted by atomic mass is 31.2. The lowest BCUT2D eigenvalue weighted by molar-refractivity contribution is -0.360. The van der Waals surface area contributed by atoms with Gasteiger partial charge in [-0.05, 0) is 19.3 Å². The Labute approximate surface area is 593 Å². The molecular formula is C74H139O24P. The van der Waals surface area contributed by atoms with E-state index in [1.807, 2.05) is 0 Å². The number of unbranched alkanes of at least 4 members (excludes halogenated alkanes) is 41. The van der Waals surface area contributed by atoms with Crippen LogP contribution in [0, 0.1) is 0 Å². The number of phosphoric ester groups is 1. The highest BCUT2D eigenvalue weighted by molar-refractivity contribution is 7.47. The van der Waals surface area contributed by atoms with E-state index in [9.17, 15) is 74.9 Å². The molecule has 0 bridgehead atoms. The third kappa shape index (κ3) is 39.2. The van der Waals surface area contributed by atoms with Gasteiger partial charge in [0, 0.05) is 19.3 Å². The molecule has 1 aliphatic carbocycles. The molecule has 99 heavy (non-hydrogen) atoms. The van der Waals surface area contributed by atoms with Gasteiger partial charge in [-0.2, -0.15) is 0 Å². The Morgan fingerprint density at radius 3 is 0.990 bits per heavy atom. The summed E-state index contributed by atoms with van der Waals surface area (Å²) >= 11 is 0. The van der Waals surface area contributed by atoms with Crippen LogP contribution in [0.25, 0.3) is 0 Å². The average molecular weight is 1440 g/mol. The second-order valence-corrected chi connectivity index (χ2v) is 29.8. The molecule has 0 aromatic carbocycles. The molecule has 2 heterocycles. The lowest BCUT2D eigenvalue weighted by atomic mass is 9.84. The summed E-state index contributed by atoms with van der Waals surface area (Å²) in [5.41, 5.74) is 0. The minimum atomic E-state index is -5.69. The summed E-state index contributed by atoms with van der Waals surface area (Å²) in [7, 11) is -5.69. The van der Waals surface area contributed by atoms with Crippen LogP contribution in [0.2, 0.25) is 0 Å².